The fraction of sp³-hybridized carbons (Fsp3) is 0.188. The van der Waals surface area contributed by atoms with Crippen LogP contribution in [0.25, 0.3) is 0 Å². The lowest BCUT2D eigenvalue weighted by atomic mass is 10.1. The van der Waals surface area contributed by atoms with Crippen molar-refractivity contribution in [3.05, 3.63) is 58.7 Å². The van der Waals surface area contributed by atoms with Crippen LogP contribution in [0.3, 0.4) is 0 Å². The number of hydrogen-bond acceptors (Lipinski definition) is 3. The third-order valence-corrected chi connectivity index (χ3v) is 3.11. The predicted octanol–water partition coefficient (Wildman–Crippen LogP) is 3.43. The van der Waals surface area contributed by atoms with Gasteiger partial charge in [-0.05, 0) is 54.8 Å². The summed E-state index contributed by atoms with van der Waals surface area (Å²) in [6.45, 7) is 4.50. The summed E-state index contributed by atoms with van der Waals surface area (Å²) in [5.41, 5.74) is 9.36. The van der Waals surface area contributed by atoms with E-state index in [1.807, 2.05) is 31.2 Å². The number of nitriles is 1. The third-order valence-electron chi connectivity index (χ3n) is 3.11. The highest BCUT2D eigenvalue weighted by atomic mass is 16.5. The van der Waals surface area contributed by atoms with Crippen LogP contribution in [0.4, 0.5) is 0 Å². The fourth-order valence-electron chi connectivity index (χ4n) is 1.78. The van der Waals surface area contributed by atoms with Crippen molar-refractivity contribution in [3.63, 3.8) is 0 Å². The van der Waals surface area contributed by atoms with E-state index in [-0.39, 0.29) is 0 Å². The summed E-state index contributed by atoms with van der Waals surface area (Å²) in [6.07, 6.45) is 0. The van der Waals surface area contributed by atoms with Crippen molar-refractivity contribution in [2.24, 2.45) is 5.73 Å². The quantitative estimate of drug-likeness (QED) is 0.910. The molecule has 19 heavy (non-hydrogen) atoms. The van der Waals surface area contributed by atoms with Crippen LogP contribution in [-0.4, -0.2) is 0 Å². The van der Waals surface area contributed by atoms with E-state index >= 15 is 0 Å². The Morgan fingerprint density at radius 3 is 2.53 bits per heavy atom. The van der Waals surface area contributed by atoms with Gasteiger partial charge in [-0.25, -0.2) is 0 Å². The summed E-state index contributed by atoms with van der Waals surface area (Å²) >= 11 is 0. The number of rotatable bonds is 3. The Hall–Kier alpha value is -2.31. The molecule has 0 unspecified atom stereocenters. The maximum absolute atomic E-state index is 9.14. The molecule has 2 aromatic carbocycles. The molecule has 0 bridgehead atoms. The second kappa shape index (κ2) is 5.55. The van der Waals surface area contributed by atoms with Crippen molar-refractivity contribution in [3.8, 4) is 17.6 Å². The molecule has 0 aromatic heterocycles. The molecule has 0 saturated heterocycles. The average Bonchev–Trinajstić information content (AvgIpc) is 2.43. The summed E-state index contributed by atoms with van der Waals surface area (Å²) in [5.74, 6) is 1.29. The van der Waals surface area contributed by atoms with Gasteiger partial charge in [0, 0.05) is 6.54 Å². The van der Waals surface area contributed by atoms with Crippen LogP contribution in [0.5, 0.6) is 11.5 Å². The smallest absolute Gasteiger partial charge is 0.145 e. The van der Waals surface area contributed by atoms with Gasteiger partial charge in [0.25, 0.3) is 0 Å². The van der Waals surface area contributed by atoms with Crippen LogP contribution in [0.15, 0.2) is 36.4 Å². The topological polar surface area (TPSA) is 59.0 Å². The first kappa shape index (κ1) is 13.1. The van der Waals surface area contributed by atoms with Crippen LogP contribution in [0.2, 0.25) is 0 Å². The summed E-state index contributed by atoms with van der Waals surface area (Å²) in [6, 6.07) is 13.4. The van der Waals surface area contributed by atoms with Crippen LogP contribution in [0.1, 0.15) is 22.3 Å². The molecule has 0 aliphatic rings. The van der Waals surface area contributed by atoms with E-state index in [1.165, 1.54) is 5.56 Å². The lowest BCUT2D eigenvalue weighted by Crippen LogP contribution is -1.97. The van der Waals surface area contributed by atoms with E-state index in [4.69, 9.17) is 15.7 Å². The second-order valence-corrected chi connectivity index (χ2v) is 4.49. The molecule has 2 N–H and O–H groups in total. The van der Waals surface area contributed by atoms with Crippen molar-refractivity contribution in [2.45, 2.75) is 20.4 Å². The van der Waals surface area contributed by atoms with E-state index in [2.05, 4.69) is 13.0 Å². The molecule has 0 saturated carbocycles. The maximum atomic E-state index is 9.14. The van der Waals surface area contributed by atoms with Gasteiger partial charge in [-0.2, -0.15) is 5.26 Å². The van der Waals surface area contributed by atoms with Crippen molar-refractivity contribution >= 4 is 0 Å². The highest BCUT2D eigenvalue weighted by Crippen LogP contribution is 2.27. The lowest BCUT2D eigenvalue weighted by Gasteiger charge is -2.10. The molecule has 2 aromatic rings. The highest BCUT2D eigenvalue weighted by molar-refractivity contribution is 5.48. The zero-order valence-electron chi connectivity index (χ0n) is 11.1. The van der Waals surface area contributed by atoms with Gasteiger partial charge in [-0.1, -0.05) is 12.1 Å². The van der Waals surface area contributed by atoms with Crippen LogP contribution < -0.4 is 10.5 Å². The van der Waals surface area contributed by atoms with Crippen molar-refractivity contribution in [2.75, 3.05) is 0 Å². The Morgan fingerprint density at radius 2 is 1.89 bits per heavy atom. The standard InChI is InChI=1S/C16H16N2O/c1-11-3-5-15(7-12(11)2)19-16-6-4-13(9-17)8-14(16)10-18/h3-8H,9,17H2,1-2H3. The Morgan fingerprint density at radius 1 is 1.11 bits per heavy atom. The molecule has 0 heterocycles. The molecule has 0 fully saturated rings. The minimum Gasteiger partial charge on any atom is -0.456 e. The number of nitrogens with two attached hydrogens (primary N) is 1. The van der Waals surface area contributed by atoms with E-state index in [9.17, 15) is 0 Å². The molecular weight excluding hydrogens is 236 g/mol. The molecule has 0 spiro atoms. The molecule has 0 radical (unpaired) electrons. The molecule has 3 nitrogen and oxygen atoms in total. The van der Waals surface area contributed by atoms with Gasteiger partial charge in [-0.15, -0.1) is 0 Å². The number of benzene rings is 2. The van der Waals surface area contributed by atoms with E-state index in [0.29, 0.717) is 17.9 Å². The van der Waals surface area contributed by atoms with E-state index < -0.39 is 0 Å². The summed E-state index contributed by atoms with van der Waals surface area (Å²) < 4.78 is 5.77. The molecule has 96 valence electrons. The summed E-state index contributed by atoms with van der Waals surface area (Å²) in [7, 11) is 0. The van der Waals surface area contributed by atoms with Crippen LogP contribution >= 0.6 is 0 Å². The first-order valence-corrected chi connectivity index (χ1v) is 6.12. The summed E-state index contributed by atoms with van der Waals surface area (Å²) in [4.78, 5) is 0. The van der Waals surface area contributed by atoms with Gasteiger partial charge >= 0.3 is 0 Å². The van der Waals surface area contributed by atoms with Gasteiger partial charge < -0.3 is 10.5 Å². The minimum absolute atomic E-state index is 0.415. The van der Waals surface area contributed by atoms with Gasteiger partial charge in [0.1, 0.15) is 17.6 Å². The molecular formula is C16H16N2O. The van der Waals surface area contributed by atoms with Gasteiger partial charge in [0.2, 0.25) is 0 Å². The molecule has 2 rings (SSSR count). The van der Waals surface area contributed by atoms with E-state index in [0.717, 1.165) is 16.9 Å². The normalized spacial score (nSPS) is 10.0. The number of aryl methyl sites for hydroxylation is 2. The maximum Gasteiger partial charge on any atom is 0.145 e. The Balaban J connectivity index is 2.33. The minimum atomic E-state index is 0.415. The van der Waals surface area contributed by atoms with Crippen LogP contribution in [-0.2, 0) is 6.54 Å². The number of hydrogen-bond donors (Lipinski definition) is 1. The summed E-state index contributed by atoms with van der Waals surface area (Å²) in [5, 5.41) is 9.14. The van der Waals surface area contributed by atoms with Crippen molar-refractivity contribution in [1.82, 2.24) is 0 Å². The molecule has 0 aliphatic carbocycles. The third kappa shape index (κ3) is 2.93. The monoisotopic (exact) mass is 252 g/mol. The highest BCUT2D eigenvalue weighted by Gasteiger charge is 2.06. The largest absolute Gasteiger partial charge is 0.456 e. The fourth-order valence-corrected chi connectivity index (χ4v) is 1.78. The van der Waals surface area contributed by atoms with Crippen LogP contribution in [0, 0.1) is 25.2 Å². The molecule has 0 aliphatic heterocycles. The molecule has 0 atom stereocenters. The zero-order valence-corrected chi connectivity index (χ0v) is 11.1. The number of nitrogens with zero attached hydrogens (tertiary/aromatic N) is 1. The predicted molar refractivity (Wildman–Crippen MR) is 75.0 cm³/mol. The van der Waals surface area contributed by atoms with Crippen molar-refractivity contribution < 1.29 is 4.74 Å². The first-order valence-electron chi connectivity index (χ1n) is 6.12. The lowest BCUT2D eigenvalue weighted by molar-refractivity contribution is 0.480. The van der Waals surface area contributed by atoms with Gasteiger partial charge in [-0.3, -0.25) is 0 Å². The van der Waals surface area contributed by atoms with Gasteiger partial charge in [0.05, 0.1) is 5.56 Å². The Labute approximate surface area is 113 Å². The Kier molecular flexibility index (Phi) is 3.84. The molecule has 0 amide bonds. The first-order chi connectivity index (χ1) is 9.13. The number of ether oxygens (including phenoxy) is 1. The van der Waals surface area contributed by atoms with Gasteiger partial charge in [0.15, 0.2) is 0 Å². The Bertz CT molecular complexity index is 642. The van der Waals surface area contributed by atoms with Crippen molar-refractivity contribution in [1.29, 1.82) is 5.26 Å². The van der Waals surface area contributed by atoms with E-state index in [1.54, 1.807) is 12.1 Å². The second-order valence-electron chi connectivity index (χ2n) is 4.49. The molecule has 3 heteroatoms. The SMILES string of the molecule is Cc1ccc(Oc2ccc(CN)cc2C#N)cc1C. The average molecular weight is 252 g/mol. The zero-order chi connectivity index (χ0) is 13.8.